The van der Waals surface area contributed by atoms with Crippen molar-refractivity contribution in [3.8, 4) is 11.5 Å². The number of anilines is 1. The van der Waals surface area contributed by atoms with Gasteiger partial charge >= 0.3 is 6.18 Å². The van der Waals surface area contributed by atoms with Crippen molar-refractivity contribution in [3.05, 3.63) is 53.1 Å². The third-order valence-corrected chi connectivity index (χ3v) is 4.17. The Hall–Kier alpha value is -2.74. The lowest BCUT2D eigenvalue weighted by atomic mass is 10.1. The van der Waals surface area contributed by atoms with Gasteiger partial charge < -0.3 is 14.8 Å². The molecule has 2 rings (SSSR count). The SMILES string of the molecule is COc1cc(C)c(CN(C)CC(=O)Nc2cccc(C(F)(F)F)c2)cc1OC. The average Bonchev–Trinajstić information content (AvgIpc) is 2.62. The first kappa shape index (κ1) is 21.6. The van der Waals surface area contributed by atoms with E-state index in [0.29, 0.717) is 18.0 Å². The zero-order valence-corrected chi connectivity index (χ0v) is 16.2. The number of aryl methyl sites for hydroxylation is 1. The molecule has 0 heterocycles. The number of hydrogen-bond acceptors (Lipinski definition) is 4. The molecule has 8 heteroatoms. The van der Waals surface area contributed by atoms with Crippen LogP contribution < -0.4 is 14.8 Å². The Morgan fingerprint density at radius 2 is 1.75 bits per heavy atom. The van der Waals surface area contributed by atoms with Gasteiger partial charge in [-0.1, -0.05) is 6.07 Å². The number of nitrogens with one attached hydrogen (secondary N) is 1. The van der Waals surface area contributed by atoms with Crippen molar-refractivity contribution in [2.24, 2.45) is 0 Å². The molecule has 0 aliphatic heterocycles. The van der Waals surface area contributed by atoms with Gasteiger partial charge in [-0.2, -0.15) is 13.2 Å². The lowest BCUT2D eigenvalue weighted by Crippen LogP contribution is -2.30. The number of benzene rings is 2. The summed E-state index contributed by atoms with van der Waals surface area (Å²) in [5.41, 5.74) is 1.23. The van der Waals surface area contributed by atoms with Gasteiger partial charge in [0, 0.05) is 12.2 Å². The Balaban J connectivity index is 2.02. The van der Waals surface area contributed by atoms with Crippen LogP contribution in [0, 0.1) is 6.92 Å². The van der Waals surface area contributed by atoms with Gasteiger partial charge in [0.25, 0.3) is 0 Å². The monoisotopic (exact) mass is 396 g/mol. The summed E-state index contributed by atoms with van der Waals surface area (Å²) < 4.78 is 48.9. The molecule has 0 unspecified atom stereocenters. The highest BCUT2D eigenvalue weighted by atomic mass is 19.4. The Morgan fingerprint density at radius 1 is 1.11 bits per heavy atom. The van der Waals surface area contributed by atoms with Crippen LogP contribution in [0.15, 0.2) is 36.4 Å². The number of carbonyl (C=O) groups excluding carboxylic acids is 1. The van der Waals surface area contributed by atoms with Crippen LogP contribution in [0.2, 0.25) is 0 Å². The third kappa shape index (κ3) is 5.63. The van der Waals surface area contributed by atoms with Crippen LogP contribution in [-0.2, 0) is 17.5 Å². The Labute approximate surface area is 162 Å². The second kappa shape index (κ2) is 8.97. The van der Waals surface area contributed by atoms with Gasteiger partial charge in [-0.15, -0.1) is 0 Å². The maximum absolute atomic E-state index is 12.8. The molecule has 0 saturated heterocycles. The van der Waals surface area contributed by atoms with E-state index in [1.807, 2.05) is 19.1 Å². The van der Waals surface area contributed by atoms with Crippen molar-refractivity contribution in [2.45, 2.75) is 19.6 Å². The molecule has 5 nitrogen and oxygen atoms in total. The van der Waals surface area contributed by atoms with Crippen LogP contribution in [0.3, 0.4) is 0 Å². The van der Waals surface area contributed by atoms with Crippen LogP contribution in [0.1, 0.15) is 16.7 Å². The molecule has 0 aromatic heterocycles. The number of halogens is 3. The lowest BCUT2D eigenvalue weighted by molar-refractivity contribution is -0.137. The summed E-state index contributed by atoms with van der Waals surface area (Å²) in [4.78, 5) is 14.0. The predicted octanol–water partition coefficient (Wildman–Crippen LogP) is 4.10. The second-order valence-electron chi connectivity index (χ2n) is 6.43. The summed E-state index contributed by atoms with van der Waals surface area (Å²) in [6.45, 7) is 2.40. The molecule has 1 N–H and O–H groups in total. The van der Waals surface area contributed by atoms with Crippen molar-refractivity contribution in [1.82, 2.24) is 4.90 Å². The van der Waals surface area contributed by atoms with Crippen molar-refractivity contribution in [3.63, 3.8) is 0 Å². The summed E-state index contributed by atoms with van der Waals surface area (Å²) in [6.07, 6.45) is -4.46. The van der Waals surface area contributed by atoms with Crippen LogP contribution in [0.5, 0.6) is 11.5 Å². The summed E-state index contributed by atoms with van der Waals surface area (Å²) in [7, 11) is 4.85. The predicted molar refractivity (Wildman–Crippen MR) is 101 cm³/mol. The number of alkyl halides is 3. The maximum Gasteiger partial charge on any atom is 0.416 e. The van der Waals surface area contributed by atoms with E-state index in [4.69, 9.17) is 9.47 Å². The number of ether oxygens (including phenoxy) is 2. The van der Waals surface area contributed by atoms with Gasteiger partial charge in [0.1, 0.15) is 0 Å². The van der Waals surface area contributed by atoms with Crippen molar-refractivity contribution >= 4 is 11.6 Å². The highest BCUT2D eigenvalue weighted by Gasteiger charge is 2.30. The molecule has 0 aliphatic carbocycles. The smallest absolute Gasteiger partial charge is 0.416 e. The molecule has 0 radical (unpaired) electrons. The van der Waals surface area contributed by atoms with Crippen LogP contribution >= 0.6 is 0 Å². The van der Waals surface area contributed by atoms with Gasteiger partial charge in [-0.05, 0) is 55.4 Å². The number of carbonyl (C=O) groups is 1. The fraction of sp³-hybridized carbons (Fsp3) is 0.350. The fourth-order valence-corrected chi connectivity index (χ4v) is 2.76. The molecule has 28 heavy (non-hydrogen) atoms. The number of nitrogens with zero attached hydrogens (tertiary/aromatic N) is 1. The van der Waals surface area contributed by atoms with E-state index in [9.17, 15) is 18.0 Å². The summed E-state index contributed by atoms with van der Waals surface area (Å²) >= 11 is 0. The van der Waals surface area contributed by atoms with E-state index in [1.54, 1.807) is 26.2 Å². The molecule has 0 fully saturated rings. The van der Waals surface area contributed by atoms with E-state index in [0.717, 1.165) is 23.3 Å². The highest BCUT2D eigenvalue weighted by Crippen LogP contribution is 2.31. The Bertz CT molecular complexity index is 838. The van der Waals surface area contributed by atoms with E-state index in [1.165, 1.54) is 12.1 Å². The molecule has 1 amide bonds. The van der Waals surface area contributed by atoms with Gasteiger partial charge in [0.2, 0.25) is 5.91 Å². The first-order valence-electron chi connectivity index (χ1n) is 8.51. The van der Waals surface area contributed by atoms with E-state index in [2.05, 4.69) is 5.32 Å². The molecule has 0 spiro atoms. The normalized spacial score (nSPS) is 11.4. The molecule has 2 aromatic carbocycles. The van der Waals surface area contributed by atoms with Crippen LogP contribution in [0.25, 0.3) is 0 Å². The van der Waals surface area contributed by atoms with E-state index in [-0.39, 0.29) is 12.2 Å². The topological polar surface area (TPSA) is 50.8 Å². The van der Waals surface area contributed by atoms with Crippen LogP contribution in [0.4, 0.5) is 18.9 Å². The molecular weight excluding hydrogens is 373 g/mol. The number of likely N-dealkylation sites (N-methyl/N-ethyl adjacent to an activating group) is 1. The zero-order chi connectivity index (χ0) is 20.9. The first-order chi connectivity index (χ1) is 13.1. The molecule has 152 valence electrons. The standard InChI is InChI=1S/C20H23F3N2O3/c1-13-8-17(27-3)18(28-4)9-14(13)11-25(2)12-19(26)24-16-7-5-6-15(10-16)20(21,22)23/h5-10H,11-12H2,1-4H3,(H,24,26). The molecule has 2 aromatic rings. The molecule has 0 saturated carbocycles. The average molecular weight is 396 g/mol. The first-order valence-corrected chi connectivity index (χ1v) is 8.51. The quantitative estimate of drug-likeness (QED) is 0.766. The van der Waals surface area contributed by atoms with Gasteiger partial charge in [-0.3, -0.25) is 9.69 Å². The lowest BCUT2D eigenvalue weighted by Gasteiger charge is -2.19. The van der Waals surface area contributed by atoms with Crippen molar-refractivity contribution in [1.29, 1.82) is 0 Å². The Kier molecular flexibility index (Phi) is 6.90. The van der Waals surface area contributed by atoms with Crippen molar-refractivity contribution in [2.75, 3.05) is 33.1 Å². The summed E-state index contributed by atoms with van der Waals surface area (Å²) in [6, 6.07) is 8.25. The molecule has 0 aliphatic rings. The highest BCUT2D eigenvalue weighted by molar-refractivity contribution is 5.92. The fourth-order valence-electron chi connectivity index (χ4n) is 2.76. The maximum atomic E-state index is 12.8. The minimum absolute atomic E-state index is 0.0179. The van der Waals surface area contributed by atoms with Gasteiger partial charge in [0.15, 0.2) is 11.5 Å². The minimum Gasteiger partial charge on any atom is -0.493 e. The minimum atomic E-state index is -4.46. The molecular formula is C20H23F3N2O3. The van der Waals surface area contributed by atoms with Gasteiger partial charge in [0.05, 0.1) is 26.3 Å². The summed E-state index contributed by atoms with van der Waals surface area (Å²) in [5, 5.41) is 2.50. The number of amides is 1. The largest absolute Gasteiger partial charge is 0.493 e. The molecule has 0 atom stereocenters. The number of hydrogen-bond donors (Lipinski definition) is 1. The van der Waals surface area contributed by atoms with E-state index < -0.39 is 17.6 Å². The molecule has 0 bridgehead atoms. The Morgan fingerprint density at radius 3 is 2.36 bits per heavy atom. The summed E-state index contributed by atoms with van der Waals surface area (Å²) in [5.74, 6) is 0.804. The van der Waals surface area contributed by atoms with Crippen molar-refractivity contribution < 1.29 is 27.4 Å². The van der Waals surface area contributed by atoms with E-state index >= 15 is 0 Å². The van der Waals surface area contributed by atoms with Crippen LogP contribution in [-0.4, -0.2) is 38.6 Å². The van der Waals surface area contributed by atoms with Gasteiger partial charge in [-0.25, -0.2) is 0 Å². The zero-order valence-electron chi connectivity index (χ0n) is 16.2. The number of rotatable bonds is 7. The second-order valence-corrected chi connectivity index (χ2v) is 6.43. The number of methoxy groups -OCH3 is 2. The third-order valence-electron chi connectivity index (χ3n) is 4.17.